The van der Waals surface area contributed by atoms with Crippen LogP contribution in [0.4, 0.5) is 5.69 Å². The van der Waals surface area contributed by atoms with E-state index < -0.39 is 0 Å². The molecule has 0 spiro atoms. The second kappa shape index (κ2) is 5.54. The highest BCUT2D eigenvalue weighted by atomic mass is 15.1. The molecule has 0 aliphatic heterocycles. The summed E-state index contributed by atoms with van der Waals surface area (Å²) in [5.74, 6) is 0. The predicted molar refractivity (Wildman–Crippen MR) is 76.6 cm³/mol. The largest absolute Gasteiger partial charge is 0.374 e. The zero-order valence-electron chi connectivity index (χ0n) is 11.9. The van der Waals surface area contributed by atoms with E-state index in [0.717, 1.165) is 19.5 Å². The van der Waals surface area contributed by atoms with Gasteiger partial charge in [0.05, 0.1) is 0 Å². The minimum Gasteiger partial charge on any atom is -0.374 e. The Morgan fingerprint density at radius 1 is 1.24 bits per heavy atom. The van der Waals surface area contributed by atoms with Crippen LogP contribution in [0.2, 0.25) is 0 Å². The van der Waals surface area contributed by atoms with Crippen molar-refractivity contribution in [2.75, 3.05) is 25.0 Å². The first-order chi connectivity index (χ1) is 7.85. The third kappa shape index (κ3) is 4.04. The Labute approximate surface area is 106 Å². The Morgan fingerprint density at radius 3 is 2.41 bits per heavy atom. The Balaban J connectivity index is 2.67. The van der Waals surface area contributed by atoms with Gasteiger partial charge in [0, 0.05) is 19.3 Å². The first kappa shape index (κ1) is 14.0. The standard InChI is InChI=1S/C15H26N2/c1-12-6-7-14(13(2)10-12)17(5)9-8-15(3,4)11-16/h6-7,10H,8-9,11,16H2,1-5H3. The molecule has 0 atom stereocenters. The van der Waals surface area contributed by atoms with Gasteiger partial charge in [-0.2, -0.15) is 0 Å². The van der Waals surface area contributed by atoms with Crippen LogP contribution in [0.25, 0.3) is 0 Å². The average molecular weight is 234 g/mol. The Bertz CT molecular complexity index is 369. The fraction of sp³-hybridized carbons (Fsp3) is 0.600. The molecule has 0 saturated carbocycles. The highest BCUT2D eigenvalue weighted by Crippen LogP contribution is 2.23. The van der Waals surface area contributed by atoms with E-state index in [1.54, 1.807) is 0 Å². The highest BCUT2D eigenvalue weighted by molar-refractivity contribution is 5.53. The van der Waals surface area contributed by atoms with Crippen molar-refractivity contribution in [3.05, 3.63) is 29.3 Å². The third-order valence-electron chi connectivity index (χ3n) is 3.44. The lowest BCUT2D eigenvalue weighted by molar-refractivity contribution is 0.351. The summed E-state index contributed by atoms with van der Waals surface area (Å²) in [5.41, 5.74) is 9.98. The maximum atomic E-state index is 5.76. The SMILES string of the molecule is Cc1ccc(N(C)CCC(C)(C)CN)c(C)c1. The van der Waals surface area contributed by atoms with Crippen LogP contribution in [-0.4, -0.2) is 20.1 Å². The monoisotopic (exact) mass is 234 g/mol. The van der Waals surface area contributed by atoms with Crippen molar-refractivity contribution < 1.29 is 0 Å². The number of nitrogens with zero attached hydrogens (tertiary/aromatic N) is 1. The van der Waals surface area contributed by atoms with Crippen LogP contribution in [0.3, 0.4) is 0 Å². The van der Waals surface area contributed by atoms with Crippen molar-refractivity contribution in [2.45, 2.75) is 34.1 Å². The molecule has 0 radical (unpaired) electrons. The van der Waals surface area contributed by atoms with Crippen molar-refractivity contribution in [1.29, 1.82) is 0 Å². The van der Waals surface area contributed by atoms with Crippen LogP contribution >= 0.6 is 0 Å². The zero-order chi connectivity index (χ0) is 13.1. The van der Waals surface area contributed by atoms with Gasteiger partial charge in [-0.1, -0.05) is 31.5 Å². The minimum absolute atomic E-state index is 0.229. The number of anilines is 1. The first-order valence-electron chi connectivity index (χ1n) is 6.34. The lowest BCUT2D eigenvalue weighted by Gasteiger charge is -2.28. The smallest absolute Gasteiger partial charge is 0.0393 e. The molecular weight excluding hydrogens is 208 g/mol. The van der Waals surface area contributed by atoms with E-state index in [2.05, 4.69) is 57.8 Å². The van der Waals surface area contributed by atoms with Crippen LogP contribution in [0.1, 0.15) is 31.4 Å². The maximum Gasteiger partial charge on any atom is 0.0393 e. The van der Waals surface area contributed by atoms with Crippen LogP contribution < -0.4 is 10.6 Å². The first-order valence-corrected chi connectivity index (χ1v) is 6.34. The Kier molecular flexibility index (Phi) is 4.58. The number of nitrogens with two attached hydrogens (primary N) is 1. The molecule has 0 saturated heterocycles. The van der Waals surface area contributed by atoms with Gasteiger partial charge < -0.3 is 10.6 Å². The second-order valence-electron chi connectivity index (χ2n) is 5.83. The van der Waals surface area contributed by atoms with Gasteiger partial charge in [0.15, 0.2) is 0 Å². The molecule has 2 N–H and O–H groups in total. The van der Waals surface area contributed by atoms with Gasteiger partial charge in [-0.3, -0.25) is 0 Å². The molecule has 0 fully saturated rings. The molecule has 1 rings (SSSR count). The van der Waals surface area contributed by atoms with Crippen molar-refractivity contribution in [2.24, 2.45) is 11.1 Å². The molecule has 0 heterocycles. The molecule has 2 nitrogen and oxygen atoms in total. The van der Waals surface area contributed by atoms with Crippen LogP contribution in [-0.2, 0) is 0 Å². The lowest BCUT2D eigenvalue weighted by atomic mass is 9.89. The van der Waals surface area contributed by atoms with Crippen LogP contribution in [0.15, 0.2) is 18.2 Å². The summed E-state index contributed by atoms with van der Waals surface area (Å²) >= 11 is 0. The quantitative estimate of drug-likeness (QED) is 0.848. The second-order valence-corrected chi connectivity index (χ2v) is 5.83. The molecule has 0 aliphatic carbocycles. The Morgan fingerprint density at radius 2 is 1.88 bits per heavy atom. The molecule has 0 aliphatic rings. The van der Waals surface area contributed by atoms with Crippen LogP contribution in [0.5, 0.6) is 0 Å². The fourth-order valence-electron chi connectivity index (χ4n) is 1.93. The Hall–Kier alpha value is -1.02. The minimum atomic E-state index is 0.229. The summed E-state index contributed by atoms with van der Waals surface area (Å²) < 4.78 is 0. The summed E-state index contributed by atoms with van der Waals surface area (Å²) in [6.45, 7) is 10.6. The predicted octanol–water partition coefficient (Wildman–Crippen LogP) is 3.11. The van der Waals surface area contributed by atoms with Gasteiger partial charge in [-0.25, -0.2) is 0 Å². The van der Waals surface area contributed by atoms with Crippen molar-refractivity contribution in [3.63, 3.8) is 0 Å². The van der Waals surface area contributed by atoms with Crippen molar-refractivity contribution in [1.82, 2.24) is 0 Å². The van der Waals surface area contributed by atoms with E-state index in [4.69, 9.17) is 5.73 Å². The summed E-state index contributed by atoms with van der Waals surface area (Å²) in [6.07, 6.45) is 1.12. The summed E-state index contributed by atoms with van der Waals surface area (Å²) in [6, 6.07) is 6.62. The van der Waals surface area contributed by atoms with E-state index >= 15 is 0 Å². The number of rotatable bonds is 5. The molecule has 17 heavy (non-hydrogen) atoms. The topological polar surface area (TPSA) is 29.3 Å². The van der Waals surface area contributed by atoms with E-state index in [1.807, 2.05) is 0 Å². The number of hydrogen-bond acceptors (Lipinski definition) is 2. The molecular formula is C15H26N2. The lowest BCUT2D eigenvalue weighted by Crippen LogP contribution is -2.30. The normalized spacial score (nSPS) is 11.6. The molecule has 0 aromatic heterocycles. The molecule has 2 heteroatoms. The molecule has 1 aromatic rings. The van der Waals surface area contributed by atoms with E-state index in [0.29, 0.717) is 0 Å². The van der Waals surface area contributed by atoms with Gasteiger partial charge in [0.1, 0.15) is 0 Å². The average Bonchev–Trinajstić information content (AvgIpc) is 2.26. The summed E-state index contributed by atoms with van der Waals surface area (Å²) in [7, 11) is 2.16. The molecule has 96 valence electrons. The van der Waals surface area contributed by atoms with E-state index in [1.165, 1.54) is 16.8 Å². The van der Waals surface area contributed by atoms with Gasteiger partial charge in [-0.05, 0) is 43.9 Å². The van der Waals surface area contributed by atoms with Crippen LogP contribution in [0, 0.1) is 19.3 Å². The maximum absolute atomic E-state index is 5.76. The number of hydrogen-bond donors (Lipinski definition) is 1. The third-order valence-corrected chi connectivity index (χ3v) is 3.44. The van der Waals surface area contributed by atoms with E-state index in [-0.39, 0.29) is 5.41 Å². The summed E-state index contributed by atoms with van der Waals surface area (Å²) in [4.78, 5) is 2.33. The fourth-order valence-corrected chi connectivity index (χ4v) is 1.93. The molecule has 0 amide bonds. The van der Waals surface area contributed by atoms with Crippen molar-refractivity contribution in [3.8, 4) is 0 Å². The number of benzene rings is 1. The van der Waals surface area contributed by atoms with Gasteiger partial charge >= 0.3 is 0 Å². The molecule has 1 aromatic carbocycles. The zero-order valence-corrected chi connectivity index (χ0v) is 11.9. The van der Waals surface area contributed by atoms with Gasteiger partial charge in [-0.15, -0.1) is 0 Å². The van der Waals surface area contributed by atoms with Gasteiger partial charge in [0.2, 0.25) is 0 Å². The molecule has 0 unspecified atom stereocenters. The highest BCUT2D eigenvalue weighted by Gasteiger charge is 2.16. The number of aryl methyl sites for hydroxylation is 2. The van der Waals surface area contributed by atoms with Gasteiger partial charge in [0.25, 0.3) is 0 Å². The van der Waals surface area contributed by atoms with E-state index in [9.17, 15) is 0 Å². The van der Waals surface area contributed by atoms with Crippen molar-refractivity contribution >= 4 is 5.69 Å². The molecule has 0 bridgehead atoms. The summed E-state index contributed by atoms with van der Waals surface area (Å²) in [5, 5.41) is 0.